The van der Waals surface area contributed by atoms with E-state index in [1.54, 1.807) is 30.3 Å². The molecule has 0 bridgehead atoms. The Morgan fingerprint density at radius 2 is 1.70 bits per heavy atom. The van der Waals surface area contributed by atoms with Gasteiger partial charge in [0.15, 0.2) is 5.60 Å². The van der Waals surface area contributed by atoms with Gasteiger partial charge in [0.1, 0.15) is 23.0 Å². The van der Waals surface area contributed by atoms with E-state index in [2.05, 4.69) is 0 Å². The number of phenols is 2. The molecular formula is C25H13ClO7. The monoisotopic (exact) mass is 460 g/mol. The number of rotatable bonds is 1. The Morgan fingerprint density at radius 3 is 2.48 bits per heavy atom. The molecule has 0 radical (unpaired) electrons. The zero-order valence-electron chi connectivity index (χ0n) is 16.6. The second-order valence-corrected chi connectivity index (χ2v) is 8.29. The van der Waals surface area contributed by atoms with Crippen LogP contribution in [0.3, 0.4) is 0 Å². The van der Waals surface area contributed by atoms with Gasteiger partial charge >= 0.3 is 11.9 Å². The first kappa shape index (κ1) is 19.5. The molecule has 2 heterocycles. The molecule has 1 atom stereocenters. The van der Waals surface area contributed by atoms with Gasteiger partial charge in [-0.15, -0.1) is 0 Å². The van der Waals surface area contributed by atoms with E-state index in [9.17, 15) is 24.9 Å². The van der Waals surface area contributed by atoms with Crippen LogP contribution >= 0.6 is 11.6 Å². The van der Waals surface area contributed by atoms with E-state index >= 15 is 0 Å². The lowest BCUT2D eigenvalue weighted by Crippen LogP contribution is -2.33. The van der Waals surface area contributed by atoms with Gasteiger partial charge in [0, 0.05) is 28.1 Å². The minimum absolute atomic E-state index is 0.0394. The molecule has 2 aliphatic rings. The van der Waals surface area contributed by atoms with E-state index in [0.717, 1.165) is 0 Å². The van der Waals surface area contributed by atoms with Crippen molar-refractivity contribution in [2.45, 2.75) is 5.60 Å². The van der Waals surface area contributed by atoms with E-state index in [0.29, 0.717) is 33.2 Å². The van der Waals surface area contributed by atoms with Crippen LogP contribution in [0.5, 0.6) is 23.0 Å². The van der Waals surface area contributed by atoms with Gasteiger partial charge in [-0.25, -0.2) is 9.59 Å². The molecule has 3 N–H and O–H groups in total. The Morgan fingerprint density at radius 1 is 0.909 bits per heavy atom. The summed E-state index contributed by atoms with van der Waals surface area (Å²) in [7, 11) is 0. The highest BCUT2D eigenvalue weighted by atomic mass is 35.5. The number of carbonyl (C=O) groups is 2. The third-order valence-electron chi connectivity index (χ3n) is 6.09. The van der Waals surface area contributed by atoms with Gasteiger partial charge in [0.25, 0.3) is 0 Å². The third-order valence-corrected chi connectivity index (χ3v) is 6.39. The van der Waals surface area contributed by atoms with E-state index in [1.807, 2.05) is 0 Å². The second-order valence-electron chi connectivity index (χ2n) is 7.89. The number of hydrogen-bond donors (Lipinski definition) is 3. The van der Waals surface area contributed by atoms with Crippen molar-refractivity contribution in [3.05, 3.63) is 93.5 Å². The molecule has 33 heavy (non-hydrogen) atoms. The van der Waals surface area contributed by atoms with Crippen molar-refractivity contribution >= 4 is 34.3 Å². The Hall–Kier alpha value is -4.23. The zero-order chi connectivity index (χ0) is 23.1. The first-order chi connectivity index (χ1) is 15.8. The fourth-order valence-electron chi connectivity index (χ4n) is 4.64. The number of aromatic carboxylic acids is 1. The van der Waals surface area contributed by atoms with Crippen LogP contribution < -0.4 is 4.74 Å². The average molecular weight is 461 g/mol. The minimum Gasteiger partial charge on any atom is -0.508 e. The summed E-state index contributed by atoms with van der Waals surface area (Å²) in [6, 6.07) is 15.3. The van der Waals surface area contributed by atoms with Crippen molar-refractivity contribution in [3.63, 3.8) is 0 Å². The Labute approximate surface area is 191 Å². The third kappa shape index (κ3) is 2.51. The highest BCUT2D eigenvalue weighted by molar-refractivity contribution is 6.32. The predicted molar refractivity (Wildman–Crippen MR) is 118 cm³/mol. The van der Waals surface area contributed by atoms with Crippen LogP contribution in [0.1, 0.15) is 37.4 Å². The number of benzene rings is 4. The van der Waals surface area contributed by atoms with E-state index in [-0.39, 0.29) is 33.4 Å². The maximum atomic E-state index is 13.0. The van der Waals surface area contributed by atoms with Crippen LogP contribution in [0.2, 0.25) is 5.02 Å². The molecule has 0 aromatic heterocycles. The van der Waals surface area contributed by atoms with Gasteiger partial charge in [0.2, 0.25) is 0 Å². The SMILES string of the molecule is O=C(O)c1ccc2c(c1)C(=O)OC21c2cc(Cl)c(O)cc2Oc2c1ccc1cc(O)ccc21. The molecule has 0 saturated carbocycles. The van der Waals surface area contributed by atoms with Crippen LogP contribution in [0.25, 0.3) is 10.8 Å². The smallest absolute Gasteiger partial charge is 0.340 e. The molecule has 7 nitrogen and oxygen atoms in total. The van der Waals surface area contributed by atoms with Gasteiger partial charge in [-0.05, 0) is 47.9 Å². The summed E-state index contributed by atoms with van der Waals surface area (Å²) in [4.78, 5) is 24.5. The standard InChI is InChI=1S/C25H13ClO7/c26-19-9-18-21(10-20(19)28)32-22-14-4-3-13(27)7-11(14)1-6-17(22)25(18)16-5-2-12(23(29)30)8-15(16)24(31)33-25/h1-10,27-28H,(H,29,30). The molecule has 8 heteroatoms. The summed E-state index contributed by atoms with van der Waals surface area (Å²) >= 11 is 6.23. The summed E-state index contributed by atoms with van der Waals surface area (Å²) < 4.78 is 12.2. The van der Waals surface area contributed by atoms with Crippen LogP contribution in [-0.2, 0) is 10.3 Å². The number of hydrogen-bond acceptors (Lipinski definition) is 6. The van der Waals surface area contributed by atoms with Crippen molar-refractivity contribution in [3.8, 4) is 23.0 Å². The molecule has 0 saturated heterocycles. The number of esters is 1. The number of phenolic OH excluding ortho intramolecular Hbond substituents is 2. The van der Waals surface area contributed by atoms with Crippen LogP contribution in [0.15, 0.2) is 60.7 Å². The Kier molecular flexibility index (Phi) is 3.77. The number of ether oxygens (including phenoxy) is 2. The molecular weight excluding hydrogens is 448 g/mol. The fourth-order valence-corrected chi connectivity index (χ4v) is 4.80. The van der Waals surface area contributed by atoms with E-state index < -0.39 is 17.5 Å². The lowest BCUT2D eigenvalue weighted by Gasteiger charge is -2.37. The summed E-state index contributed by atoms with van der Waals surface area (Å²) in [5, 5.41) is 30.9. The maximum absolute atomic E-state index is 13.0. The van der Waals surface area contributed by atoms with Crippen molar-refractivity contribution in [1.29, 1.82) is 0 Å². The minimum atomic E-state index is -1.48. The number of halogens is 1. The quantitative estimate of drug-likeness (QED) is 0.336. The van der Waals surface area contributed by atoms with Crippen molar-refractivity contribution in [2.75, 3.05) is 0 Å². The fraction of sp³-hybridized carbons (Fsp3) is 0.0400. The van der Waals surface area contributed by atoms with Gasteiger partial charge in [-0.2, -0.15) is 0 Å². The Balaban J connectivity index is 1.74. The van der Waals surface area contributed by atoms with E-state index in [4.69, 9.17) is 21.1 Å². The predicted octanol–water partition coefficient (Wildman–Crippen LogP) is 5.17. The summed E-state index contributed by atoms with van der Waals surface area (Å²) in [6.45, 7) is 0. The largest absolute Gasteiger partial charge is 0.508 e. The second kappa shape index (κ2) is 6.40. The zero-order valence-corrected chi connectivity index (χ0v) is 17.4. The highest BCUT2D eigenvalue weighted by Gasteiger charge is 2.54. The first-order valence-electron chi connectivity index (χ1n) is 9.88. The Bertz CT molecular complexity index is 1560. The van der Waals surface area contributed by atoms with Crippen LogP contribution in [0.4, 0.5) is 0 Å². The molecule has 4 aromatic carbocycles. The molecule has 1 unspecified atom stereocenters. The first-order valence-corrected chi connectivity index (χ1v) is 10.3. The molecule has 0 fully saturated rings. The summed E-state index contributed by atoms with van der Waals surface area (Å²) in [5.74, 6) is -1.38. The number of aromatic hydroxyl groups is 2. The van der Waals surface area contributed by atoms with Crippen molar-refractivity contribution in [2.24, 2.45) is 0 Å². The van der Waals surface area contributed by atoms with E-state index in [1.165, 1.54) is 30.3 Å². The summed E-state index contributed by atoms with van der Waals surface area (Å²) in [6.07, 6.45) is 0. The number of carboxylic acid groups (broad SMARTS) is 1. The van der Waals surface area contributed by atoms with Gasteiger partial charge in [0.05, 0.1) is 16.1 Å². The summed E-state index contributed by atoms with van der Waals surface area (Å²) in [5.41, 5.74) is -0.0772. The normalized spacial score (nSPS) is 17.8. The van der Waals surface area contributed by atoms with Gasteiger partial charge in [-0.1, -0.05) is 23.7 Å². The van der Waals surface area contributed by atoms with Crippen molar-refractivity contribution in [1.82, 2.24) is 0 Å². The number of fused-ring (bicyclic) bond motifs is 8. The molecule has 0 amide bonds. The molecule has 1 spiro atoms. The lowest BCUT2D eigenvalue weighted by molar-refractivity contribution is 0.0225. The van der Waals surface area contributed by atoms with Gasteiger partial charge in [-0.3, -0.25) is 0 Å². The lowest BCUT2D eigenvalue weighted by atomic mass is 9.76. The molecule has 162 valence electrons. The topological polar surface area (TPSA) is 113 Å². The molecule has 6 rings (SSSR count). The molecule has 0 aliphatic carbocycles. The highest BCUT2D eigenvalue weighted by Crippen LogP contribution is 2.58. The van der Waals surface area contributed by atoms with Crippen molar-refractivity contribution < 1.29 is 34.4 Å². The number of carbonyl (C=O) groups excluding carboxylic acids is 1. The number of carboxylic acids is 1. The molecule has 4 aromatic rings. The molecule has 2 aliphatic heterocycles. The van der Waals surface area contributed by atoms with Crippen LogP contribution in [-0.4, -0.2) is 27.3 Å². The van der Waals surface area contributed by atoms with Crippen LogP contribution in [0, 0.1) is 0 Å². The van der Waals surface area contributed by atoms with Gasteiger partial charge < -0.3 is 24.8 Å². The maximum Gasteiger partial charge on any atom is 0.340 e. The average Bonchev–Trinajstić information content (AvgIpc) is 3.07.